The van der Waals surface area contributed by atoms with Crippen LogP contribution in [0.25, 0.3) is 0 Å². The molecule has 6 nitrogen and oxygen atoms in total. The number of nitriles is 1. The first kappa shape index (κ1) is 24.8. The molecule has 0 radical (unpaired) electrons. The van der Waals surface area contributed by atoms with Gasteiger partial charge in [-0.25, -0.2) is 0 Å². The van der Waals surface area contributed by atoms with Crippen molar-refractivity contribution in [1.82, 2.24) is 5.32 Å². The first-order valence-corrected chi connectivity index (χ1v) is 11.2. The highest BCUT2D eigenvalue weighted by molar-refractivity contribution is 6.06. The largest absolute Gasteiger partial charge is 0.490 e. The third-order valence-electron chi connectivity index (χ3n) is 4.81. The summed E-state index contributed by atoms with van der Waals surface area (Å²) < 4.78 is 11.2. The number of hydrogen-bond donors (Lipinski definition) is 2. The van der Waals surface area contributed by atoms with E-state index in [4.69, 9.17) is 9.47 Å². The minimum atomic E-state index is -0.430. The maximum atomic E-state index is 12.4. The molecule has 6 heteroatoms. The van der Waals surface area contributed by atoms with E-state index in [0.29, 0.717) is 31.9 Å². The Balaban J connectivity index is 1.89. The molecule has 0 heterocycles. The van der Waals surface area contributed by atoms with Crippen LogP contribution < -0.4 is 20.1 Å². The van der Waals surface area contributed by atoms with E-state index in [-0.39, 0.29) is 5.57 Å². The van der Waals surface area contributed by atoms with Gasteiger partial charge in [-0.15, -0.1) is 0 Å². The van der Waals surface area contributed by atoms with Crippen molar-refractivity contribution in [2.75, 3.05) is 25.1 Å². The fourth-order valence-electron chi connectivity index (χ4n) is 3.12. The lowest BCUT2D eigenvalue weighted by Gasteiger charge is -2.12. The average molecular weight is 436 g/mol. The van der Waals surface area contributed by atoms with E-state index in [0.717, 1.165) is 36.3 Å². The van der Waals surface area contributed by atoms with Crippen LogP contribution in [0.4, 0.5) is 5.69 Å². The summed E-state index contributed by atoms with van der Waals surface area (Å²) in [6.07, 6.45) is 5.49. The molecule has 1 amide bonds. The molecule has 170 valence electrons. The van der Waals surface area contributed by atoms with Crippen LogP contribution in [0.3, 0.4) is 0 Å². The van der Waals surface area contributed by atoms with E-state index >= 15 is 0 Å². The molecule has 0 aliphatic heterocycles. The average Bonchev–Trinajstić information content (AvgIpc) is 2.80. The van der Waals surface area contributed by atoms with Crippen molar-refractivity contribution >= 4 is 11.6 Å². The van der Waals surface area contributed by atoms with E-state index in [2.05, 4.69) is 17.6 Å². The van der Waals surface area contributed by atoms with Gasteiger partial charge in [0.05, 0.1) is 13.2 Å². The standard InChI is InChI=1S/C26H33N3O3/c1-4-7-8-20-9-12-23(13-10-20)29-26(30)22(18-27)19-28-16-15-21-11-14-24(31-5-2)25(17-21)32-6-3/h9-14,17,19,28H,4-8,15-16H2,1-3H3,(H,29,30)/b22-19-. The minimum Gasteiger partial charge on any atom is -0.490 e. The first-order valence-electron chi connectivity index (χ1n) is 11.2. The van der Waals surface area contributed by atoms with Crippen LogP contribution in [0, 0.1) is 11.3 Å². The van der Waals surface area contributed by atoms with Crippen molar-refractivity contribution in [1.29, 1.82) is 5.26 Å². The number of amides is 1. The van der Waals surface area contributed by atoms with Crippen LogP contribution in [0.15, 0.2) is 54.2 Å². The maximum absolute atomic E-state index is 12.4. The number of carbonyl (C=O) groups excluding carboxylic acids is 1. The highest BCUT2D eigenvalue weighted by atomic mass is 16.5. The van der Waals surface area contributed by atoms with Crippen molar-refractivity contribution in [3.05, 3.63) is 65.4 Å². The van der Waals surface area contributed by atoms with Gasteiger partial charge < -0.3 is 20.1 Å². The molecule has 0 saturated heterocycles. The van der Waals surface area contributed by atoms with E-state index in [9.17, 15) is 10.1 Å². The van der Waals surface area contributed by atoms with E-state index in [1.165, 1.54) is 11.8 Å². The second kappa shape index (κ2) is 13.8. The summed E-state index contributed by atoms with van der Waals surface area (Å²) >= 11 is 0. The van der Waals surface area contributed by atoms with Crippen LogP contribution in [-0.2, 0) is 17.6 Å². The van der Waals surface area contributed by atoms with Gasteiger partial charge in [0, 0.05) is 18.4 Å². The van der Waals surface area contributed by atoms with E-state index in [1.807, 2.05) is 62.4 Å². The summed E-state index contributed by atoms with van der Waals surface area (Å²) in [4.78, 5) is 12.4. The number of nitrogens with one attached hydrogen (secondary N) is 2. The molecule has 0 atom stereocenters. The molecular weight excluding hydrogens is 402 g/mol. The molecule has 2 rings (SSSR count). The smallest absolute Gasteiger partial charge is 0.267 e. The number of benzene rings is 2. The van der Waals surface area contributed by atoms with Gasteiger partial charge in [-0.3, -0.25) is 4.79 Å². The minimum absolute atomic E-state index is 0.0294. The van der Waals surface area contributed by atoms with Gasteiger partial charge >= 0.3 is 0 Å². The van der Waals surface area contributed by atoms with Gasteiger partial charge in [0.25, 0.3) is 5.91 Å². The lowest BCUT2D eigenvalue weighted by Crippen LogP contribution is -2.18. The molecule has 0 fully saturated rings. The number of carbonyl (C=O) groups is 1. The van der Waals surface area contributed by atoms with Crippen LogP contribution in [0.1, 0.15) is 44.7 Å². The molecule has 0 aliphatic rings. The molecule has 0 spiro atoms. The SMILES string of the molecule is CCCCc1ccc(NC(=O)/C(C#N)=C\NCCc2ccc(OCC)c(OCC)c2)cc1. The van der Waals surface area contributed by atoms with Crippen LogP contribution >= 0.6 is 0 Å². The molecule has 0 bridgehead atoms. The fraction of sp³-hybridized carbons (Fsp3) is 0.385. The Morgan fingerprint density at radius 1 is 0.969 bits per heavy atom. The van der Waals surface area contributed by atoms with Gasteiger partial charge in [0.15, 0.2) is 11.5 Å². The van der Waals surface area contributed by atoms with Crippen molar-refractivity contribution in [3.63, 3.8) is 0 Å². The van der Waals surface area contributed by atoms with Crippen molar-refractivity contribution in [3.8, 4) is 17.6 Å². The van der Waals surface area contributed by atoms with Crippen LogP contribution in [-0.4, -0.2) is 25.7 Å². The van der Waals surface area contributed by atoms with Gasteiger partial charge in [-0.05, 0) is 68.5 Å². The normalized spacial score (nSPS) is 10.9. The van der Waals surface area contributed by atoms with Crippen molar-refractivity contribution < 1.29 is 14.3 Å². The third kappa shape index (κ3) is 7.99. The Morgan fingerprint density at radius 2 is 1.66 bits per heavy atom. The van der Waals surface area contributed by atoms with Gasteiger partial charge in [-0.2, -0.15) is 5.26 Å². The van der Waals surface area contributed by atoms with Crippen molar-refractivity contribution in [2.24, 2.45) is 0 Å². The van der Waals surface area contributed by atoms with Gasteiger partial charge in [0.2, 0.25) is 0 Å². The Kier molecular flexibility index (Phi) is 10.7. The Labute approximate surface area is 191 Å². The molecule has 2 aromatic rings. The summed E-state index contributed by atoms with van der Waals surface area (Å²) in [6, 6.07) is 15.6. The second-order valence-corrected chi connectivity index (χ2v) is 7.28. The zero-order chi connectivity index (χ0) is 23.2. The zero-order valence-electron chi connectivity index (χ0n) is 19.2. The summed E-state index contributed by atoms with van der Waals surface area (Å²) in [6.45, 7) is 7.74. The molecule has 0 saturated carbocycles. The molecule has 2 N–H and O–H groups in total. The second-order valence-electron chi connectivity index (χ2n) is 7.28. The number of anilines is 1. The predicted octanol–water partition coefficient (Wildman–Crippen LogP) is 5.00. The Hall–Kier alpha value is -3.46. The summed E-state index contributed by atoms with van der Waals surface area (Å²) in [5.74, 6) is 1.02. The highest BCUT2D eigenvalue weighted by Crippen LogP contribution is 2.28. The first-order chi connectivity index (χ1) is 15.6. The molecule has 0 aliphatic carbocycles. The monoisotopic (exact) mass is 435 g/mol. The number of rotatable bonds is 13. The van der Waals surface area contributed by atoms with E-state index in [1.54, 1.807) is 0 Å². The third-order valence-corrected chi connectivity index (χ3v) is 4.81. The lowest BCUT2D eigenvalue weighted by molar-refractivity contribution is -0.112. The van der Waals surface area contributed by atoms with Crippen LogP contribution in [0.5, 0.6) is 11.5 Å². The topological polar surface area (TPSA) is 83.4 Å². The van der Waals surface area contributed by atoms with Gasteiger partial charge in [-0.1, -0.05) is 31.5 Å². The molecular formula is C26H33N3O3. The Bertz CT molecular complexity index is 930. The van der Waals surface area contributed by atoms with Crippen molar-refractivity contribution in [2.45, 2.75) is 46.5 Å². The summed E-state index contributed by atoms with van der Waals surface area (Å²) in [5.41, 5.74) is 3.02. The van der Waals surface area contributed by atoms with E-state index < -0.39 is 5.91 Å². The molecule has 0 unspecified atom stereocenters. The number of ether oxygens (including phenoxy) is 2. The fourth-order valence-corrected chi connectivity index (χ4v) is 3.12. The highest BCUT2D eigenvalue weighted by Gasteiger charge is 2.10. The number of hydrogen-bond acceptors (Lipinski definition) is 5. The number of nitrogens with zero attached hydrogens (tertiary/aromatic N) is 1. The summed E-state index contributed by atoms with van der Waals surface area (Å²) in [5, 5.41) is 15.2. The predicted molar refractivity (Wildman–Crippen MR) is 128 cm³/mol. The number of unbranched alkanes of at least 4 members (excludes halogenated alkanes) is 1. The summed E-state index contributed by atoms with van der Waals surface area (Å²) in [7, 11) is 0. The zero-order valence-corrected chi connectivity index (χ0v) is 19.2. The lowest BCUT2D eigenvalue weighted by atomic mass is 10.1. The molecule has 0 aromatic heterocycles. The van der Waals surface area contributed by atoms with Crippen LogP contribution in [0.2, 0.25) is 0 Å². The quantitative estimate of drug-likeness (QED) is 0.263. The molecule has 32 heavy (non-hydrogen) atoms. The van der Waals surface area contributed by atoms with Gasteiger partial charge in [0.1, 0.15) is 11.6 Å². The Morgan fingerprint density at radius 3 is 2.31 bits per heavy atom. The number of aryl methyl sites for hydroxylation is 1. The maximum Gasteiger partial charge on any atom is 0.267 e. The molecule has 2 aromatic carbocycles.